The molecule has 0 saturated heterocycles. The number of benzene rings is 2. The lowest BCUT2D eigenvalue weighted by atomic mass is 10.2. The van der Waals surface area contributed by atoms with Crippen LogP contribution in [0.15, 0.2) is 69.7 Å². The van der Waals surface area contributed by atoms with Crippen LogP contribution in [0.4, 0.5) is 5.69 Å². The number of halogens is 1. The predicted octanol–water partition coefficient (Wildman–Crippen LogP) is 4.68. The Morgan fingerprint density at radius 2 is 1.96 bits per heavy atom. The minimum atomic E-state index is -0.0570. The molecular formula is C18H15BrN2O2. The summed E-state index contributed by atoms with van der Waals surface area (Å²) in [5, 5.41) is 2.84. The molecule has 4 nitrogen and oxygen atoms in total. The number of aromatic nitrogens is 1. The fourth-order valence-electron chi connectivity index (χ4n) is 2.17. The molecule has 0 aliphatic carbocycles. The molecule has 0 spiro atoms. The molecule has 3 aromatic rings. The number of anilines is 1. The number of carbonyl (C=O) groups is 1. The van der Waals surface area contributed by atoms with E-state index in [9.17, 15) is 4.79 Å². The Kier molecular flexibility index (Phi) is 4.88. The summed E-state index contributed by atoms with van der Waals surface area (Å²) < 4.78 is 6.70. The molecule has 0 saturated carbocycles. The van der Waals surface area contributed by atoms with Gasteiger partial charge in [-0.1, -0.05) is 46.3 Å². The lowest BCUT2D eigenvalue weighted by Gasteiger charge is -2.03. The maximum atomic E-state index is 11.9. The van der Waals surface area contributed by atoms with Crippen molar-refractivity contribution in [2.24, 2.45) is 0 Å². The van der Waals surface area contributed by atoms with Crippen molar-refractivity contribution in [3.8, 4) is 11.3 Å². The highest BCUT2D eigenvalue weighted by Gasteiger charge is 2.09. The van der Waals surface area contributed by atoms with Gasteiger partial charge >= 0.3 is 0 Å². The van der Waals surface area contributed by atoms with Gasteiger partial charge in [-0.25, -0.2) is 4.98 Å². The van der Waals surface area contributed by atoms with Crippen molar-refractivity contribution in [3.63, 3.8) is 0 Å². The Hall–Kier alpha value is -2.40. The average molecular weight is 371 g/mol. The molecule has 0 aliphatic heterocycles. The summed E-state index contributed by atoms with van der Waals surface area (Å²) in [6.07, 6.45) is 2.48. The van der Waals surface area contributed by atoms with Crippen LogP contribution in [0, 0.1) is 0 Å². The Balaban J connectivity index is 1.58. The van der Waals surface area contributed by atoms with Crippen LogP contribution in [0.1, 0.15) is 12.3 Å². The third-order valence-electron chi connectivity index (χ3n) is 3.29. The Labute approximate surface area is 142 Å². The number of para-hydroxylation sites is 1. The number of aryl methyl sites for hydroxylation is 1. The standard InChI is InChI=1S/C18H15BrN2O2/c19-14-6-4-5-13(11-14)16-12-20-18(23-16)10-9-17(22)21-15-7-2-1-3-8-15/h1-8,11-12H,9-10H2,(H,21,22). The van der Waals surface area contributed by atoms with Crippen LogP contribution >= 0.6 is 15.9 Å². The minimum absolute atomic E-state index is 0.0570. The van der Waals surface area contributed by atoms with Crippen molar-refractivity contribution in [1.82, 2.24) is 4.98 Å². The number of nitrogens with zero attached hydrogens (tertiary/aromatic N) is 1. The van der Waals surface area contributed by atoms with Gasteiger partial charge in [0.2, 0.25) is 5.91 Å². The number of nitrogens with one attached hydrogen (secondary N) is 1. The molecule has 1 heterocycles. The third-order valence-corrected chi connectivity index (χ3v) is 3.78. The predicted molar refractivity (Wildman–Crippen MR) is 93.0 cm³/mol. The van der Waals surface area contributed by atoms with Crippen LogP contribution in [-0.2, 0) is 11.2 Å². The number of carbonyl (C=O) groups excluding carboxylic acids is 1. The Morgan fingerprint density at radius 1 is 1.13 bits per heavy atom. The molecule has 0 radical (unpaired) electrons. The zero-order valence-electron chi connectivity index (χ0n) is 12.3. The van der Waals surface area contributed by atoms with Gasteiger partial charge in [0.1, 0.15) is 0 Å². The van der Waals surface area contributed by atoms with E-state index in [1.165, 1.54) is 0 Å². The molecule has 0 fully saturated rings. The maximum absolute atomic E-state index is 11.9. The van der Waals surface area contributed by atoms with E-state index in [0.29, 0.717) is 24.5 Å². The van der Waals surface area contributed by atoms with Gasteiger partial charge in [0.25, 0.3) is 0 Å². The lowest BCUT2D eigenvalue weighted by molar-refractivity contribution is -0.116. The highest BCUT2D eigenvalue weighted by Crippen LogP contribution is 2.24. The highest BCUT2D eigenvalue weighted by molar-refractivity contribution is 9.10. The van der Waals surface area contributed by atoms with Gasteiger partial charge in [0, 0.05) is 28.6 Å². The zero-order valence-corrected chi connectivity index (χ0v) is 13.9. The number of rotatable bonds is 5. The van der Waals surface area contributed by atoms with Gasteiger partial charge in [-0.15, -0.1) is 0 Å². The first-order valence-electron chi connectivity index (χ1n) is 7.26. The molecule has 3 rings (SSSR count). The molecule has 1 N–H and O–H groups in total. The SMILES string of the molecule is O=C(CCc1ncc(-c2cccc(Br)c2)o1)Nc1ccccc1. The van der Waals surface area contributed by atoms with Crippen LogP contribution in [0.25, 0.3) is 11.3 Å². The second-order valence-electron chi connectivity index (χ2n) is 5.04. The maximum Gasteiger partial charge on any atom is 0.224 e. The van der Waals surface area contributed by atoms with E-state index in [-0.39, 0.29) is 5.91 Å². The van der Waals surface area contributed by atoms with Crippen molar-refractivity contribution in [2.45, 2.75) is 12.8 Å². The Bertz CT molecular complexity index is 800. The first kappa shape index (κ1) is 15.5. The fourth-order valence-corrected chi connectivity index (χ4v) is 2.57. The van der Waals surface area contributed by atoms with Gasteiger partial charge in [-0.3, -0.25) is 4.79 Å². The quantitative estimate of drug-likeness (QED) is 0.709. The smallest absolute Gasteiger partial charge is 0.224 e. The summed E-state index contributed by atoms with van der Waals surface area (Å²) in [7, 11) is 0. The molecule has 2 aromatic carbocycles. The summed E-state index contributed by atoms with van der Waals surface area (Å²) in [5.41, 5.74) is 1.74. The van der Waals surface area contributed by atoms with Crippen molar-refractivity contribution in [3.05, 3.63) is 71.2 Å². The molecule has 1 amide bonds. The molecule has 0 unspecified atom stereocenters. The number of hydrogen-bond donors (Lipinski definition) is 1. The molecular weight excluding hydrogens is 356 g/mol. The average Bonchev–Trinajstić information content (AvgIpc) is 3.03. The van der Waals surface area contributed by atoms with Crippen LogP contribution in [0.2, 0.25) is 0 Å². The summed E-state index contributed by atoms with van der Waals surface area (Å²) in [6, 6.07) is 17.2. The summed E-state index contributed by atoms with van der Waals surface area (Å²) in [5.74, 6) is 1.20. The highest BCUT2D eigenvalue weighted by atomic mass is 79.9. The molecule has 0 atom stereocenters. The van der Waals surface area contributed by atoms with Crippen molar-refractivity contribution < 1.29 is 9.21 Å². The second-order valence-corrected chi connectivity index (χ2v) is 5.96. The van der Waals surface area contributed by atoms with Crippen LogP contribution in [0.3, 0.4) is 0 Å². The van der Waals surface area contributed by atoms with Gasteiger partial charge in [-0.05, 0) is 24.3 Å². The summed E-state index contributed by atoms with van der Waals surface area (Å²) >= 11 is 3.43. The molecule has 116 valence electrons. The molecule has 0 bridgehead atoms. The van der Waals surface area contributed by atoms with Gasteiger partial charge < -0.3 is 9.73 Å². The van der Waals surface area contributed by atoms with E-state index in [1.807, 2.05) is 54.6 Å². The van der Waals surface area contributed by atoms with E-state index in [1.54, 1.807) is 6.20 Å². The van der Waals surface area contributed by atoms with E-state index in [2.05, 4.69) is 26.2 Å². The number of oxazole rings is 1. The lowest BCUT2D eigenvalue weighted by Crippen LogP contribution is -2.12. The largest absolute Gasteiger partial charge is 0.441 e. The Morgan fingerprint density at radius 3 is 2.74 bits per heavy atom. The second kappa shape index (κ2) is 7.24. The topological polar surface area (TPSA) is 55.1 Å². The van der Waals surface area contributed by atoms with Gasteiger partial charge in [0.05, 0.1) is 6.20 Å². The van der Waals surface area contributed by atoms with E-state index in [4.69, 9.17) is 4.42 Å². The normalized spacial score (nSPS) is 10.5. The van der Waals surface area contributed by atoms with Crippen molar-refractivity contribution >= 4 is 27.5 Å². The first-order valence-corrected chi connectivity index (χ1v) is 8.05. The molecule has 5 heteroatoms. The number of hydrogen-bond acceptors (Lipinski definition) is 3. The van der Waals surface area contributed by atoms with E-state index in [0.717, 1.165) is 15.7 Å². The molecule has 1 aromatic heterocycles. The minimum Gasteiger partial charge on any atom is -0.441 e. The van der Waals surface area contributed by atoms with E-state index >= 15 is 0 Å². The molecule has 23 heavy (non-hydrogen) atoms. The van der Waals surface area contributed by atoms with Crippen molar-refractivity contribution in [1.29, 1.82) is 0 Å². The van der Waals surface area contributed by atoms with E-state index < -0.39 is 0 Å². The van der Waals surface area contributed by atoms with Crippen molar-refractivity contribution in [2.75, 3.05) is 5.32 Å². The fraction of sp³-hybridized carbons (Fsp3) is 0.111. The summed E-state index contributed by atoms with van der Waals surface area (Å²) in [6.45, 7) is 0. The van der Waals surface area contributed by atoms with Crippen LogP contribution in [0.5, 0.6) is 0 Å². The summed E-state index contributed by atoms with van der Waals surface area (Å²) in [4.78, 5) is 16.2. The third kappa shape index (κ3) is 4.29. The first-order chi connectivity index (χ1) is 11.2. The monoisotopic (exact) mass is 370 g/mol. The van der Waals surface area contributed by atoms with Crippen LogP contribution < -0.4 is 5.32 Å². The molecule has 0 aliphatic rings. The zero-order chi connectivity index (χ0) is 16.1. The van der Waals surface area contributed by atoms with Gasteiger partial charge in [-0.2, -0.15) is 0 Å². The van der Waals surface area contributed by atoms with Crippen LogP contribution in [-0.4, -0.2) is 10.9 Å². The van der Waals surface area contributed by atoms with Gasteiger partial charge in [0.15, 0.2) is 11.7 Å². The number of amides is 1.